The molecule has 148 valence electrons. The Hall–Kier alpha value is -3.09. The van der Waals surface area contributed by atoms with Gasteiger partial charge in [0.25, 0.3) is 0 Å². The predicted molar refractivity (Wildman–Crippen MR) is 115 cm³/mol. The van der Waals surface area contributed by atoms with E-state index in [0.29, 0.717) is 27.8 Å². The Labute approximate surface area is 178 Å². The fraction of sp³-hybridized carbons (Fsp3) is 0.0952. The van der Waals surface area contributed by atoms with Crippen molar-refractivity contribution in [2.45, 2.75) is 13.1 Å². The maximum Gasteiger partial charge on any atom is 0.246 e. The van der Waals surface area contributed by atoms with Gasteiger partial charge in [-0.15, -0.1) is 0 Å². The summed E-state index contributed by atoms with van der Waals surface area (Å²) in [5.41, 5.74) is 2.08. The van der Waals surface area contributed by atoms with Crippen LogP contribution in [0.5, 0.6) is 0 Å². The van der Waals surface area contributed by atoms with Crippen molar-refractivity contribution < 1.29 is 9.59 Å². The summed E-state index contributed by atoms with van der Waals surface area (Å²) in [4.78, 5) is 24.1. The summed E-state index contributed by atoms with van der Waals surface area (Å²) < 4.78 is 1.54. The zero-order chi connectivity index (χ0) is 20.6. The topological polar surface area (TPSA) is 76.0 Å². The van der Waals surface area contributed by atoms with Crippen LogP contribution in [-0.2, 0) is 22.7 Å². The van der Waals surface area contributed by atoms with E-state index in [-0.39, 0.29) is 18.4 Å². The standard InChI is InChI=1S/C21H18Cl2N4O2/c22-18-6-2-7-19(23)17(18)8-9-20(28)24-13-15-4-1-5-16(12-15)26-21(29)14-27-11-3-10-25-27/h1-12H,13-14H2,(H,24,28)(H,26,29)/b9-8+. The lowest BCUT2D eigenvalue weighted by Gasteiger charge is -2.08. The van der Waals surface area contributed by atoms with Crippen LogP contribution in [0.2, 0.25) is 10.0 Å². The molecule has 6 nitrogen and oxygen atoms in total. The van der Waals surface area contributed by atoms with Crippen molar-refractivity contribution in [2.75, 3.05) is 5.32 Å². The largest absolute Gasteiger partial charge is 0.348 e. The highest BCUT2D eigenvalue weighted by Crippen LogP contribution is 2.25. The molecule has 3 rings (SSSR count). The van der Waals surface area contributed by atoms with Crippen molar-refractivity contribution in [3.8, 4) is 0 Å². The predicted octanol–water partition coefficient (Wildman–Crippen LogP) is 4.16. The van der Waals surface area contributed by atoms with Gasteiger partial charge in [-0.25, -0.2) is 0 Å². The molecule has 0 saturated heterocycles. The van der Waals surface area contributed by atoms with E-state index in [0.717, 1.165) is 5.56 Å². The average Bonchev–Trinajstić information content (AvgIpc) is 3.19. The molecule has 8 heteroatoms. The number of halogens is 2. The number of hydrogen-bond acceptors (Lipinski definition) is 3. The first-order valence-electron chi connectivity index (χ1n) is 8.77. The third kappa shape index (κ3) is 6.20. The molecule has 0 aliphatic heterocycles. The lowest BCUT2D eigenvalue weighted by atomic mass is 10.2. The van der Waals surface area contributed by atoms with Crippen molar-refractivity contribution in [1.29, 1.82) is 0 Å². The van der Waals surface area contributed by atoms with Crippen LogP contribution in [0.1, 0.15) is 11.1 Å². The molecule has 2 aromatic carbocycles. The molecule has 29 heavy (non-hydrogen) atoms. The highest BCUT2D eigenvalue weighted by molar-refractivity contribution is 6.37. The second kappa shape index (κ2) is 9.91. The summed E-state index contributed by atoms with van der Waals surface area (Å²) in [7, 11) is 0. The number of carbonyl (C=O) groups is 2. The van der Waals surface area contributed by atoms with Gasteiger partial charge < -0.3 is 10.6 Å². The minimum absolute atomic E-state index is 0.128. The average molecular weight is 429 g/mol. The third-order valence-electron chi connectivity index (χ3n) is 3.94. The molecule has 0 unspecified atom stereocenters. The Morgan fingerprint density at radius 3 is 2.55 bits per heavy atom. The van der Waals surface area contributed by atoms with E-state index in [1.54, 1.807) is 54.9 Å². The van der Waals surface area contributed by atoms with E-state index >= 15 is 0 Å². The molecule has 0 aliphatic rings. The second-order valence-electron chi connectivity index (χ2n) is 6.14. The van der Waals surface area contributed by atoms with Gasteiger partial charge in [0.1, 0.15) is 6.54 Å². The first-order chi connectivity index (χ1) is 14.0. The Bertz CT molecular complexity index is 1010. The quantitative estimate of drug-likeness (QED) is 0.554. The summed E-state index contributed by atoms with van der Waals surface area (Å²) in [6.07, 6.45) is 6.29. The van der Waals surface area contributed by atoms with Crippen LogP contribution in [-0.4, -0.2) is 21.6 Å². The normalized spacial score (nSPS) is 10.8. The van der Waals surface area contributed by atoms with Gasteiger partial charge >= 0.3 is 0 Å². The first kappa shape index (κ1) is 20.6. The number of nitrogens with one attached hydrogen (secondary N) is 2. The van der Waals surface area contributed by atoms with Crippen molar-refractivity contribution in [3.05, 3.63) is 88.2 Å². The molecule has 1 aromatic heterocycles. The molecule has 0 bridgehead atoms. The molecule has 3 aromatic rings. The van der Waals surface area contributed by atoms with E-state index in [2.05, 4.69) is 15.7 Å². The number of amides is 2. The monoisotopic (exact) mass is 428 g/mol. The molecule has 0 radical (unpaired) electrons. The van der Waals surface area contributed by atoms with Crippen LogP contribution in [0, 0.1) is 0 Å². The molecular weight excluding hydrogens is 411 g/mol. The molecule has 0 fully saturated rings. The molecule has 2 N–H and O–H groups in total. The molecule has 0 atom stereocenters. The first-order valence-corrected chi connectivity index (χ1v) is 9.53. The Kier molecular flexibility index (Phi) is 7.05. The van der Waals surface area contributed by atoms with E-state index in [9.17, 15) is 9.59 Å². The van der Waals surface area contributed by atoms with Gasteiger partial charge in [0.05, 0.1) is 0 Å². The number of hydrogen-bond donors (Lipinski definition) is 2. The lowest BCUT2D eigenvalue weighted by molar-refractivity contribution is -0.117. The number of rotatable bonds is 7. The smallest absolute Gasteiger partial charge is 0.246 e. The third-order valence-corrected chi connectivity index (χ3v) is 4.60. The Balaban J connectivity index is 1.54. The minimum Gasteiger partial charge on any atom is -0.348 e. The van der Waals surface area contributed by atoms with Crippen molar-refractivity contribution in [2.24, 2.45) is 0 Å². The van der Waals surface area contributed by atoms with Gasteiger partial charge in [-0.3, -0.25) is 14.3 Å². The van der Waals surface area contributed by atoms with Crippen molar-refractivity contribution in [3.63, 3.8) is 0 Å². The molecule has 1 heterocycles. The van der Waals surface area contributed by atoms with Crippen LogP contribution in [0.4, 0.5) is 5.69 Å². The fourth-order valence-electron chi connectivity index (χ4n) is 2.58. The lowest BCUT2D eigenvalue weighted by Crippen LogP contribution is -2.21. The summed E-state index contributed by atoms with van der Waals surface area (Å²) >= 11 is 12.2. The van der Waals surface area contributed by atoms with Crippen molar-refractivity contribution >= 4 is 46.8 Å². The van der Waals surface area contributed by atoms with Crippen LogP contribution in [0.3, 0.4) is 0 Å². The highest BCUT2D eigenvalue weighted by Gasteiger charge is 2.06. The van der Waals surface area contributed by atoms with E-state index < -0.39 is 0 Å². The molecule has 0 spiro atoms. The number of aromatic nitrogens is 2. The molecule has 0 aliphatic carbocycles. The van der Waals surface area contributed by atoms with Crippen LogP contribution in [0.15, 0.2) is 67.0 Å². The number of anilines is 1. The summed E-state index contributed by atoms with van der Waals surface area (Å²) in [5.74, 6) is -0.469. The van der Waals surface area contributed by atoms with Crippen LogP contribution < -0.4 is 10.6 Å². The van der Waals surface area contributed by atoms with Gasteiger partial charge in [-0.05, 0) is 42.0 Å². The maximum absolute atomic E-state index is 12.1. The van der Waals surface area contributed by atoms with Crippen molar-refractivity contribution in [1.82, 2.24) is 15.1 Å². The fourth-order valence-corrected chi connectivity index (χ4v) is 3.10. The Morgan fingerprint density at radius 1 is 1.07 bits per heavy atom. The molecule has 2 amide bonds. The summed E-state index contributed by atoms with van der Waals surface area (Å²) in [5, 5.41) is 10.5. The van der Waals surface area contributed by atoms with Gasteiger partial charge in [-0.2, -0.15) is 5.10 Å². The van der Waals surface area contributed by atoms with E-state index in [4.69, 9.17) is 23.2 Å². The highest BCUT2D eigenvalue weighted by atomic mass is 35.5. The molecular formula is C21H18Cl2N4O2. The van der Waals surface area contributed by atoms with Crippen LogP contribution in [0.25, 0.3) is 6.08 Å². The van der Waals surface area contributed by atoms with Gasteiger partial charge in [0.2, 0.25) is 11.8 Å². The van der Waals surface area contributed by atoms with E-state index in [1.807, 2.05) is 12.1 Å². The summed E-state index contributed by atoms with van der Waals surface area (Å²) in [6, 6.07) is 14.2. The van der Waals surface area contributed by atoms with Gasteiger partial charge in [0, 0.05) is 46.3 Å². The van der Waals surface area contributed by atoms with E-state index in [1.165, 1.54) is 10.8 Å². The number of nitrogens with zero attached hydrogens (tertiary/aromatic N) is 2. The van der Waals surface area contributed by atoms with Gasteiger partial charge in [0.15, 0.2) is 0 Å². The zero-order valence-electron chi connectivity index (χ0n) is 15.3. The summed E-state index contributed by atoms with van der Waals surface area (Å²) in [6.45, 7) is 0.436. The molecule has 0 saturated carbocycles. The van der Waals surface area contributed by atoms with Crippen LogP contribution >= 0.6 is 23.2 Å². The second-order valence-corrected chi connectivity index (χ2v) is 6.95. The van der Waals surface area contributed by atoms with Gasteiger partial charge in [-0.1, -0.05) is 41.4 Å². The minimum atomic E-state index is -0.283. The SMILES string of the molecule is O=C(/C=C/c1c(Cl)cccc1Cl)NCc1cccc(NC(=O)Cn2cccn2)c1. The Morgan fingerprint density at radius 2 is 1.83 bits per heavy atom. The number of benzene rings is 2. The maximum atomic E-state index is 12.1. The zero-order valence-corrected chi connectivity index (χ0v) is 16.8. The number of carbonyl (C=O) groups excluding carboxylic acids is 2.